The molecule has 2 rings (SSSR count). The van der Waals surface area contributed by atoms with E-state index < -0.39 is 10.2 Å². The van der Waals surface area contributed by atoms with Gasteiger partial charge >= 0.3 is 10.2 Å². The SMILES string of the molecule is NC1=NS(=O)(=O)NC1=NCCc1ccccc1. The molecule has 1 aliphatic rings. The normalized spacial score (nSPS) is 20.0. The Morgan fingerprint density at radius 3 is 2.59 bits per heavy atom. The van der Waals surface area contributed by atoms with Crippen molar-refractivity contribution >= 4 is 21.9 Å². The Kier molecular flexibility index (Phi) is 3.10. The van der Waals surface area contributed by atoms with Crippen molar-refractivity contribution in [2.75, 3.05) is 6.54 Å². The van der Waals surface area contributed by atoms with Gasteiger partial charge < -0.3 is 5.73 Å². The number of aliphatic imine (C=N–C) groups is 1. The minimum atomic E-state index is -3.66. The molecule has 1 aromatic carbocycles. The van der Waals surface area contributed by atoms with Gasteiger partial charge in [0.05, 0.1) is 0 Å². The fourth-order valence-corrected chi connectivity index (χ4v) is 2.23. The van der Waals surface area contributed by atoms with Crippen LogP contribution >= 0.6 is 0 Å². The molecule has 0 saturated carbocycles. The number of nitrogens with two attached hydrogens (primary N) is 1. The number of benzene rings is 1. The lowest BCUT2D eigenvalue weighted by molar-refractivity contribution is 0.596. The Hall–Kier alpha value is -1.89. The summed E-state index contributed by atoms with van der Waals surface area (Å²) in [6.07, 6.45) is 0.722. The van der Waals surface area contributed by atoms with Crippen molar-refractivity contribution < 1.29 is 8.42 Å². The highest BCUT2D eigenvalue weighted by molar-refractivity contribution is 7.89. The van der Waals surface area contributed by atoms with Crippen molar-refractivity contribution in [3.05, 3.63) is 35.9 Å². The first-order chi connectivity index (χ1) is 8.07. The lowest BCUT2D eigenvalue weighted by atomic mass is 10.2. The lowest BCUT2D eigenvalue weighted by Gasteiger charge is -1.99. The molecule has 17 heavy (non-hydrogen) atoms. The fourth-order valence-electron chi connectivity index (χ4n) is 1.42. The van der Waals surface area contributed by atoms with Crippen molar-refractivity contribution in [3.8, 4) is 0 Å². The monoisotopic (exact) mass is 252 g/mol. The van der Waals surface area contributed by atoms with Crippen LogP contribution in [0.4, 0.5) is 0 Å². The number of hydrogen-bond donors (Lipinski definition) is 2. The third-order valence-corrected chi connectivity index (χ3v) is 3.09. The first kappa shape index (κ1) is 11.6. The van der Waals surface area contributed by atoms with Gasteiger partial charge in [0.1, 0.15) is 0 Å². The van der Waals surface area contributed by atoms with Gasteiger partial charge in [-0.3, -0.25) is 4.99 Å². The summed E-state index contributed by atoms with van der Waals surface area (Å²) >= 11 is 0. The van der Waals surface area contributed by atoms with Gasteiger partial charge in [0.2, 0.25) is 0 Å². The minimum absolute atomic E-state index is 0.0851. The summed E-state index contributed by atoms with van der Waals surface area (Å²) in [5.74, 6) is 0.0407. The molecule has 0 bridgehead atoms. The van der Waals surface area contributed by atoms with E-state index in [9.17, 15) is 8.42 Å². The zero-order valence-corrected chi connectivity index (χ0v) is 9.81. The molecule has 6 nitrogen and oxygen atoms in total. The van der Waals surface area contributed by atoms with E-state index in [4.69, 9.17) is 5.73 Å². The van der Waals surface area contributed by atoms with Gasteiger partial charge in [-0.1, -0.05) is 30.3 Å². The molecule has 0 aromatic heterocycles. The van der Waals surface area contributed by atoms with Crippen molar-refractivity contribution in [1.29, 1.82) is 0 Å². The van der Waals surface area contributed by atoms with Crippen molar-refractivity contribution in [2.24, 2.45) is 15.1 Å². The maximum atomic E-state index is 11.0. The van der Waals surface area contributed by atoms with Crippen LogP contribution in [-0.4, -0.2) is 26.6 Å². The van der Waals surface area contributed by atoms with E-state index in [-0.39, 0.29) is 11.7 Å². The van der Waals surface area contributed by atoms with Crippen LogP contribution in [0.15, 0.2) is 39.7 Å². The zero-order valence-electron chi connectivity index (χ0n) is 9.00. The molecule has 0 atom stereocenters. The molecule has 1 aromatic rings. The van der Waals surface area contributed by atoms with Gasteiger partial charge in [0.15, 0.2) is 11.7 Å². The summed E-state index contributed by atoms with van der Waals surface area (Å²) in [6, 6.07) is 9.78. The first-order valence-electron chi connectivity index (χ1n) is 5.04. The van der Waals surface area contributed by atoms with Crippen LogP contribution in [0.5, 0.6) is 0 Å². The standard InChI is InChI=1S/C10H12N4O2S/c11-9-10(14-17(15,16)13-9)12-7-6-8-4-2-1-3-5-8/h1-5H,6-7H2,(H2,11,13)(H,12,14). The molecular weight excluding hydrogens is 240 g/mol. The molecule has 0 radical (unpaired) electrons. The summed E-state index contributed by atoms with van der Waals surface area (Å²) in [4.78, 5) is 4.07. The van der Waals surface area contributed by atoms with Crippen LogP contribution in [0.3, 0.4) is 0 Å². The number of nitrogens with zero attached hydrogens (tertiary/aromatic N) is 2. The van der Waals surface area contributed by atoms with E-state index in [1.807, 2.05) is 30.3 Å². The molecule has 0 spiro atoms. The van der Waals surface area contributed by atoms with Gasteiger partial charge in [-0.2, -0.15) is 8.42 Å². The first-order valence-corrected chi connectivity index (χ1v) is 6.48. The molecule has 3 N–H and O–H groups in total. The number of amidine groups is 2. The average molecular weight is 252 g/mol. The molecule has 0 saturated heterocycles. The van der Waals surface area contributed by atoms with Crippen LogP contribution < -0.4 is 10.5 Å². The second-order valence-electron chi connectivity index (χ2n) is 3.52. The molecule has 0 fully saturated rings. The third-order valence-electron chi connectivity index (χ3n) is 2.20. The Balaban J connectivity index is 1.98. The van der Waals surface area contributed by atoms with E-state index >= 15 is 0 Å². The number of nitrogens with one attached hydrogen (secondary N) is 1. The predicted molar refractivity (Wildman–Crippen MR) is 66.1 cm³/mol. The van der Waals surface area contributed by atoms with Crippen LogP contribution in [0.25, 0.3) is 0 Å². The van der Waals surface area contributed by atoms with E-state index in [1.165, 1.54) is 0 Å². The smallest absolute Gasteiger partial charge is 0.345 e. The van der Waals surface area contributed by atoms with Gasteiger partial charge in [-0.25, -0.2) is 4.72 Å². The van der Waals surface area contributed by atoms with Crippen molar-refractivity contribution in [1.82, 2.24) is 4.72 Å². The lowest BCUT2D eigenvalue weighted by Crippen LogP contribution is -2.31. The summed E-state index contributed by atoms with van der Waals surface area (Å²) in [7, 11) is -3.66. The summed E-state index contributed by atoms with van der Waals surface area (Å²) in [6.45, 7) is 0.456. The highest BCUT2D eigenvalue weighted by atomic mass is 32.2. The Labute approximate surface area is 99.5 Å². The third kappa shape index (κ3) is 3.04. The summed E-state index contributed by atoms with van der Waals surface area (Å²) in [5, 5.41) is 0. The van der Waals surface area contributed by atoms with Crippen molar-refractivity contribution in [3.63, 3.8) is 0 Å². The zero-order chi connectivity index (χ0) is 12.3. The summed E-state index contributed by atoms with van der Waals surface area (Å²) < 4.78 is 27.5. The molecule has 1 heterocycles. The topological polar surface area (TPSA) is 96.9 Å². The number of hydrogen-bond acceptors (Lipinski definition) is 4. The van der Waals surface area contributed by atoms with E-state index in [1.54, 1.807) is 0 Å². The highest BCUT2D eigenvalue weighted by Crippen LogP contribution is 2.01. The largest absolute Gasteiger partial charge is 0.380 e. The molecule has 7 heteroatoms. The van der Waals surface area contributed by atoms with Crippen LogP contribution in [0, 0.1) is 0 Å². The summed E-state index contributed by atoms with van der Waals surface area (Å²) in [5.41, 5.74) is 6.54. The maximum absolute atomic E-state index is 11.0. The molecule has 90 valence electrons. The van der Waals surface area contributed by atoms with Gasteiger partial charge in [0, 0.05) is 6.54 Å². The van der Waals surface area contributed by atoms with Gasteiger partial charge in [-0.15, -0.1) is 4.40 Å². The second kappa shape index (κ2) is 4.54. The van der Waals surface area contributed by atoms with Crippen LogP contribution in [0.1, 0.15) is 5.56 Å². The Morgan fingerprint density at radius 2 is 2.00 bits per heavy atom. The van der Waals surface area contributed by atoms with Gasteiger partial charge in [0.25, 0.3) is 0 Å². The quantitative estimate of drug-likeness (QED) is 0.781. The molecule has 0 amide bonds. The Morgan fingerprint density at radius 1 is 1.29 bits per heavy atom. The molecule has 1 aliphatic heterocycles. The molecule has 0 unspecified atom stereocenters. The maximum Gasteiger partial charge on any atom is 0.345 e. The van der Waals surface area contributed by atoms with Gasteiger partial charge in [-0.05, 0) is 12.0 Å². The van der Waals surface area contributed by atoms with Crippen molar-refractivity contribution in [2.45, 2.75) is 6.42 Å². The van der Waals surface area contributed by atoms with E-state index in [0.717, 1.165) is 12.0 Å². The fraction of sp³-hybridized carbons (Fsp3) is 0.200. The van der Waals surface area contributed by atoms with Crippen LogP contribution in [-0.2, 0) is 16.6 Å². The van der Waals surface area contributed by atoms with Crippen LogP contribution in [0.2, 0.25) is 0 Å². The molecule has 0 aliphatic carbocycles. The molecular formula is C10H12N4O2S. The Bertz CT molecular complexity index is 563. The minimum Gasteiger partial charge on any atom is -0.380 e. The predicted octanol–water partition coefficient (Wildman–Crippen LogP) is -0.167. The highest BCUT2D eigenvalue weighted by Gasteiger charge is 2.23. The van der Waals surface area contributed by atoms with E-state index in [0.29, 0.717) is 6.54 Å². The second-order valence-corrected chi connectivity index (χ2v) is 4.86. The van der Waals surface area contributed by atoms with E-state index in [2.05, 4.69) is 14.1 Å². The number of rotatable bonds is 3. The average Bonchev–Trinajstić information content (AvgIpc) is 2.53.